The van der Waals surface area contributed by atoms with Gasteiger partial charge in [-0.25, -0.2) is 0 Å². The van der Waals surface area contributed by atoms with Crippen molar-refractivity contribution >= 4 is 17.5 Å². The van der Waals surface area contributed by atoms with Crippen LogP contribution in [0.15, 0.2) is 65.5 Å². The second-order valence-electron chi connectivity index (χ2n) is 7.59. The summed E-state index contributed by atoms with van der Waals surface area (Å²) in [6.45, 7) is 4.47. The third-order valence-corrected chi connectivity index (χ3v) is 5.28. The largest absolute Gasteiger partial charge is 0.478 e. The Morgan fingerprint density at radius 1 is 1.16 bits per heavy atom. The number of fused-ring (bicyclic) bond motifs is 1. The maximum absolute atomic E-state index is 13.4. The Kier molecular flexibility index (Phi) is 6.02. The average Bonchev–Trinajstić information content (AvgIpc) is 3.29. The zero-order chi connectivity index (χ0) is 21.8. The first-order valence-corrected chi connectivity index (χ1v) is 10.3. The van der Waals surface area contributed by atoms with Crippen molar-refractivity contribution in [3.8, 4) is 5.75 Å². The van der Waals surface area contributed by atoms with Gasteiger partial charge in [-0.2, -0.15) is 0 Å². The summed E-state index contributed by atoms with van der Waals surface area (Å²) in [7, 11) is 0. The number of aromatic nitrogens is 1. The van der Waals surface area contributed by atoms with Crippen LogP contribution >= 0.6 is 0 Å². The zero-order valence-corrected chi connectivity index (χ0v) is 17.7. The minimum absolute atomic E-state index is 0.0685. The molecule has 1 aliphatic rings. The number of hydrogen-bond donors (Lipinski definition) is 0. The topological polar surface area (TPSA) is 75.9 Å². The lowest BCUT2D eigenvalue weighted by molar-refractivity contribution is -0.134. The molecule has 2 aromatic heterocycles. The number of benzene rings is 1. The van der Waals surface area contributed by atoms with Crippen molar-refractivity contribution in [2.75, 3.05) is 11.4 Å². The van der Waals surface area contributed by atoms with Gasteiger partial charge in [-0.15, -0.1) is 0 Å². The van der Waals surface area contributed by atoms with E-state index in [0.717, 1.165) is 11.1 Å². The molecule has 2 amide bonds. The van der Waals surface area contributed by atoms with Crippen LogP contribution in [0.3, 0.4) is 0 Å². The van der Waals surface area contributed by atoms with Crippen molar-refractivity contribution in [3.63, 3.8) is 0 Å². The molecule has 0 fully saturated rings. The Bertz CT molecular complexity index is 1050. The fourth-order valence-corrected chi connectivity index (χ4v) is 3.62. The lowest BCUT2D eigenvalue weighted by Crippen LogP contribution is -2.50. The van der Waals surface area contributed by atoms with Gasteiger partial charge in [0.1, 0.15) is 18.1 Å². The molecule has 0 aliphatic carbocycles. The molecule has 7 nitrogen and oxygen atoms in total. The maximum Gasteiger partial charge on any atom is 0.268 e. The van der Waals surface area contributed by atoms with Gasteiger partial charge in [-0.3, -0.25) is 19.5 Å². The van der Waals surface area contributed by atoms with Crippen molar-refractivity contribution < 1.29 is 18.7 Å². The summed E-state index contributed by atoms with van der Waals surface area (Å²) in [6.07, 6.45) is 4.91. The quantitative estimate of drug-likeness (QED) is 0.583. The molecule has 4 rings (SSSR count). The van der Waals surface area contributed by atoms with E-state index in [1.165, 1.54) is 0 Å². The van der Waals surface area contributed by atoms with E-state index in [1.807, 2.05) is 50.2 Å². The summed E-state index contributed by atoms with van der Waals surface area (Å²) in [5.74, 6) is 0.927. The van der Waals surface area contributed by atoms with Crippen molar-refractivity contribution in [3.05, 3.63) is 78.0 Å². The number of furan rings is 1. The minimum atomic E-state index is -0.596. The van der Waals surface area contributed by atoms with Gasteiger partial charge in [0.05, 0.1) is 18.5 Å². The van der Waals surface area contributed by atoms with Crippen LogP contribution in [-0.2, 0) is 22.7 Å². The first-order valence-electron chi connectivity index (χ1n) is 10.3. The molecule has 160 valence electrons. The highest BCUT2D eigenvalue weighted by Crippen LogP contribution is 2.35. The number of anilines is 1. The molecular weight excluding hydrogens is 394 g/mol. The fraction of sp³-hybridized carbons (Fsp3) is 0.292. The predicted octanol–water partition coefficient (Wildman–Crippen LogP) is 3.72. The first kappa shape index (κ1) is 20.7. The number of aryl methyl sites for hydroxylation is 1. The number of nitrogens with zero attached hydrogens (tertiary/aromatic N) is 3. The molecule has 7 heteroatoms. The van der Waals surface area contributed by atoms with Crippen LogP contribution in [-0.4, -0.2) is 34.3 Å². The second-order valence-corrected chi connectivity index (χ2v) is 7.59. The summed E-state index contributed by atoms with van der Waals surface area (Å²) in [5, 5.41) is 0. The van der Waals surface area contributed by atoms with Crippen LogP contribution in [0.2, 0.25) is 0 Å². The molecule has 0 saturated carbocycles. The highest BCUT2D eigenvalue weighted by molar-refractivity contribution is 6.03. The Morgan fingerprint density at radius 3 is 2.68 bits per heavy atom. The Hall–Kier alpha value is -3.61. The van der Waals surface area contributed by atoms with Crippen molar-refractivity contribution in [2.45, 2.75) is 39.5 Å². The number of hydrogen-bond acceptors (Lipinski definition) is 5. The molecule has 31 heavy (non-hydrogen) atoms. The van der Waals surface area contributed by atoms with E-state index in [4.69, 9.17) is 9.15 Å². The van der Waals surface area contributed by atoms with Crippen molar-refractivity contribution in [1.82, 2.24) is 9.88 Å². The van der Waals surface area contributed by atoms with Crippen LogP contribution in [0, 0.1) is 6.92 Å². The Labute approximate surface area is 181 Å². The van der Waals surface area contributed by atoms with Gasteiger partial charge in [0.25, 0.3) is 5.91 Å². The molecule has 1 atom stereocenters. The molecule has 0 unspecified atom stereocenters. The lowest BCUT2D eigenvalue weighted by Gasteiger charge is -2.35. The number of rotatable bonds is 7. The zero-order valence-electron chi connectivity index (χ0n) is 17.7. The summed E-state index contributed by atoms with van der Waals surface area (Å²) in [5.41, 5.74) is 2.57. The van der Waals surface area contributed by atoms with E-state index in [1.54, 1.807) is 34.5 Å². The molecule has 0 N–H and O–H groups in total. The Morgan fingerprint density at radius 2 is 1.97 bits per heavy atom. The van der Waals surface area contributed by atoms with Crippen molar-refractivity contribution in [1.29, 1.82) is 0 Å². The molecule has 1 aromatic carbocycles. The molecule has 0 spiro atoms. The van der Waals surface area contributed by atoms with Gasteiger partial charge < -0.3 is 14.1 Å². The van der Waals surface area contributed by atoms with E-state index in [-0.39, 0.29) is 18.4 Å². The monoisotopic (exact) mass is 419 g/mol. The van der Waals surface area contributed by atoms with E-state index < -0.39 is 6.10 Å². The van der Waals surface area contributed by atoms with Crippen LogP contribution in [0.1, 0.15) is 30.2 Å². The van der Waals surface area contributed by atoms with E-state index in [2.05, 4.69) is 4.98 Å². The predicted molar refractivity (Wildman–Crippen MR) is 115 cm³/mol. The SMILES string of the molecule is CC[C@@H]1Oc2ccc(C)cc2N(CC(=O)N(Cc2ccncc2)Cc2ccco2)C1=O. The Balaban J connectivity index is 1.61. The molecule has 0 bridgehead atoms. The van der Waals surface area contributed by atoms with E-state index in [0.29, 0.717) is 36.7 Å². The van der Waals surface area contributed by atoms with Gasteiger partial charge in [0, 0.05) is 18.9 Å². The van der Waals surface area contributed by atoms with Crippen LogP contribution in [0.25, 0.3) is 0 Å². The minimum Gasteiger partial charge on any atom is -0.478 e. The molecule has 0 radical (unpaired) electrons. The number of amides is 2. The van der Waals surface area contributed by atoms with Crippen LogP contribution in [0.5, 0.6) is 5.75 Å². The third-order valence-electron chi connectivity index (χ3n) is 5.28. The molecular formula is C24H25N3O4. The van der Waals surface area contributed by atoms with Gasteiger partial charge in [-0.1, -0.05) is 13.0 Å². The van der Waals surface area contributed by atoms with Crippen LogP contribution in [0.4, 0.5) is 5.69 Å². The fourth-order valence-electron chi connectivity index (χ4n) is 3.62. The highest BCUT2D eigenvalue weighted by atomic mass is 16.5. The number of carbonyl (C=O) groups is 2. The summed E-state index contributed by atoms with van der Waals surface area (Å²) >= 11 is 0. The van der Waals surface area contributed by atoms with E-state index >= 15 is 0 Å². The summed E-state index contributed by atoms with van der Waals surface area (Å²) < 4.78 is 11.3. The normalized spacial score (nSPS) is 15.4. The second kappa shape index (κ2) is 9.04. The van der Waals surface area contributed by atoms with Gasteiger partial charge >= 0.3 is 0 Å². The van der Waals surface area contributed by atoms with Gasteiger partial charge in [0.2, 0.25) is 5.91 Å². The van der Waals surface area contributed by atoms with Gasteiger partial charge in [0.15, 0.2) is 6.10 Å². The molecule has 3 aromatic rings. The number of pyridine rings is 1. The van der Waals surface area contributed by atoms with E-state index in [9.17, 15) is 9.59 Å². The number of carbonyl (C=O) groups excluding carboxylic acids is 2. The molecule has 0 saturated heterocycles. The summed E-state index contributed by atoms with van der Waals surface area (Å²) in [6, 6.07) is 13.0. The maximum atomic E-state index is 13.4. The third kappa shape index (κ3) is 4.60. The standard InChI is InChI=1S/C24H25N3O4/c1-3-21-24(29)27(20-13-17(2)6-7-22(20)31-21)16-23(28)26(15-19-5-4-12-30-19)14-18-8-10-25-11-9-18/h4-13,21H,3,14-16H2,1-2H3/t21-/m0/s1. The first-order chi connectivity index (χ1) is 15.0. The smallest absolute Gasteiger partial charge is 0.268 e. The van der Waals surface area contributed by atoms with Crippen molar-refractivity contribution in [2.24, 2.45) is 0 Å². The van der Waals surface area contributed by atoms with Gasteiger partial charge in [-0.05, 0) is 60.9 Å². The molecule has 1 aliphatic heterocycles. The summed E-state index contributed by atoms with van der Waals surface area (Å²) in [4.78, 5) is 33.8. The van der Waals surface area contributed by atoms with Crippen LogP contribution < -0.4 is 9.64 Å². The molecule has 3 heterocycles. The lowest BCUT2D eigenvalue weighted by atomic mass is 10.1. The highest BCUT2D eigenvalue weighted by Gasteiger charge is 2.35. The number of ether oxygens (including phenoxy) is 1. The average molecular weight is 419 g/mol.